The van der Waals surface area contributed by atoms with Crippen molar-refractivity contribution in [3.8, 4) is 0 Å². The monoisotopic (exact) mass is 398 g/mol. The summed E-state index contributed by atoms with van der Waals surface area (Å²) in [4.78, 5) is 46.5. The zero-order chi connectivity index (χ0) is 20.9. The van der Waals surface area contributed by atoms with Gasteiger partial charge >= 0.3 is 17.9 Å². The Kier molecular flexibility index (Phi) is 11.1. The number of esters is 2. The van der Waals surface area contributed by atoms with Crippen LogP contribution in [0.25, 0.3) is 0 Å². The molecule has 2 N–H and O–H groups in total. The van der Waals surface area contributed by atoms with Crippen molar-refractivity contribution in [2.24, 2.45) is 0 Å². The van der Waals surface area contributed by atoms with Crippen molar-refractivity contribution in [2.75, 3.05) is 0 Å². The Bertz CT molecular complexity index is 569. The molecule has 28 heavy (non-hydrogen) atoms. The zero-order valence-electron chi connectivity index (χ0n) is 16.3. The number of carboxylic acids is 1. The highest BCUT2D eigenvalue weighted by molar-refractivity contribution is 5.99. The van der Waals surface area contributed by atoms with E-state index in [1.807, 2.05) is 0 Å². The van der Waals surface area contributed by atoms with Gasteiger partial charge in [-0.2, -0.15) is 0 Å². The topological polar surface area (TPSA) is 127 Å². The number of rotatable bonds is 4. The molecule has 0 amide bonds. The van der Waals surface area contributed by atoms with Gasteiger partial charge in [0.05, 0.1) is 25.0 Å². The highest BCUT2D eigenvalue weighted by atomic mass is 16.5. The van der Waals surface area contributed by atoms with E-state index in [1.54, 1.807) is 6.92 Å². The summed E-state index contributed by atoms with van der Waals surface area (Å²) in [7, 11) is 0. The summed E-state index contributed by atoms with van der Waals surface area (Å²) < 4.78 is 10.3. The summed E-state index contributed by atoms with van der Waals surface area (Å²) in [5, 5.41) is 18.6. The largest absolute Gasteiger partial charge is 0.481 e. The fourth-order valence-corrected chi connectivity index (χ4v) is 2.87. The summed E-state index contributed by atoms with van der Waals surface area (Å²) in [5.41, 5.74) is 0. The van der Waals surface area contributed by atoms with E-state index in [9.17, 15) is 24.3 Å². The second-order valence-electron chi connectivity index (χ2n) is 7.08. The van der Waals surface area contributed by atoms with Crippen molar-refractivity contribution in [1.82, 2.24) is 0 Å². The van der Waals surface area contributed by atoms with Gasteiger partial charge in [0.25, 0.3) is 0 Å². The zero-order valence-corrected chi connectivity index (χ0v) is 16.3. The number of aliphatic carboxylic acids is 1. The van der Waals surface area contributed by atoms with Gasteiger partial charge in [0.1, 0.15) is 0 Å². The van der Waals surface area contributed by atoms with E-state index >= 15 is 0 Å². The molecule has 0 bridgehead atoms. The molecule has 8 nitrogen and oxygen atoms in total. The smallest absolute Gasteiger partial charge is 0.331 e. The summed E-state index contributed by atoms with van der Waals surface area (Å²) in [6.07, 6.45) is 4.64. The van der Waals surface area contributed by atoms with Crippen LogP contribution in [0.3, 0.4) is 0 Å². The number of ketones is 1. The van der Waals surface area contributed by atoms with E-state index in [0.29, 0.717) is 25.7 Å². The van der Waals surface area contributed by atoms with E-state index < -0.39 is 35.9 Å². The molecule has 8 heteroatoms. The van der Waals surface area contributed by atoms with Crippen LogP contribution in [0, 0.1) is 0 Å². The SMILES string of the molecule is C[C@@H]1CCC(O)CCCCCC[C@H](OC(=O)CCC(=O)O)C(=O)/C=C/C(=O)O1. The van der Waals surface area contributed by atoms with Crippen LogP contribution < -0.4 is 0 Å². The lowest BCUT2D eigenvalue weighted by Gasteiger charge is -2.17. The molecule has 0 aromatic carbocycles. The summed E-state index contributed by atoms with van der Waals surface area (Å²) >= 11 is 0. The molecule has 1 rings (SSSR count). The predicted molar refractivity (Wildman–Crippen MR) is 99.4 cm³/mol. The van der Waals surface area contributed by atoms with Crippen LogP contribution in [0.2, 0.25) is 0 Å². The summed E-state index contributed by atoms with van der Waals surface area (Å²) in [6.45, 7) is 1.72. The van der Waals surface area contributed by atoms with Gasteiger partial charge in [-0.25, -0.2) is 4.79 Å². The quantitative estimate of drug-likeness (QED) is 0.691. The van der Waals surface area contributed by atoms with Crippen LogP contribution in [0.4, 0.5) is 0 Å². The minimum absolute atomic E-state index is 0.288. The van der Waals surface area contributed by atoms with E-state index in [1.165, 1.54) is 0 Å². The third-order valence-electron chi connectivity index (χ3n) is 4.50. The van der Waals surface area contributed by atoms with Crippen LogP contribution in [0.5, 0.6) is 0 Å². The molecule has 0 spiro atoms. The normalized spacial score (nSPS) is 26.9. The Labute approximate surface area is 164 Å². The molecule has 0 saturated carbocycles. The first-order chi connectivity index (χ1) is 13.3. The van der Waals surface area contributed by atoms with Crippen molar-refractivity contribution in [2.45, 2.75) is 89.4 Å². The van der Waals surface area contributed by atoms with Crippen molar-refractivity contribution < 1.29 is 38.9 Å². The highest BCUT2D eigenvalue weighted by Crippen LogP contribution is 2.16. The molecule has 0 fully saturated rings. The van der Waals surface area contributed by atoms with Crippen molar-refractivity contribution in [1.29, 1.82) is 0 Å². The lowest BCUT2D eigenvalue weighted by molar-refractivity contribution is -0.155. The first-order valence-electron chi connectivity index (χ1n) is 9.79. The molecule has 1 aliphatic heterocycles. The number of cyclic esters (lactones) is 1. The van der Waals surface area contributed by atoms with Crippen molar-refractivity contribution in [3.05, 3.63) is 12.2 Å². The lowest BCUT2D eigenvalue weighted by Crippen LogP contribution is -2.27. The lowest BCUT2D eigenvalue weighted by atomic mass is 10.0. The second kappa shape index (κ2) is 13.0. The number of hydrogen-bond donors (Lipinski definition) is 2. The van der Waals surface area contributed by atoms with Gasteiger partial charge in [0.2, 0.25) is 0 Å². The van der Waals surface area contributed by atoms with E-state index in [-0.39, 0.29) is 25.4 Å². The van der Waals surface area contributed by atoms with Crippen molar-refractivity contribution in [3.63, 3.8) is 0 Å². The molecule has 1 unspecified atom stereocenters. The van der Waals surface area contributed by atoms with Crippen LogP contribution in [-0.2, 0) is 28.7 Å². The van der Waals surface area contributed by atoms with Gasteiger partial charge in [0, 0.05) is 6.08 Å². The van der Waals surface area contributed by atoms with Gasteiger partial charge < -0.3 is 19.7 Å². The highest BCUT2D eigenvalue weighted by Gasteiger charge is 2.22. The molecule has 158 valence electrons. The number of carboxylic acid groups (broad SMARTS) is 1. The Morgan fingerprint density at radius 2 is 1.71 bits per heavy atom. The molecule has 0 aliphatic carbocycles. The fourth-order valence-electron chi connectivity index (χ4n) is 2.87. The first kappa shape index (κ1) is 23.8. The van der Waals surface area contributed by atoms with Crippen molar-refractivity contribution >= 4 is 23.7 Å². The minimum atomic E-state index is -1.12. The third kappa shape index (κ3) is 10.8. The van der Waals surface area contributed by atoms with E-state index in [2.05, 4.69) is 0 Å². The number of aliphatic hydroxyl groups excluding tert-OH is 1. The summed E-state index contributed by atoms with van der Waals surface area (Å²) in [5.74, 6) is -3.10. The predicted octanol–water partition coefficient (Wildman–Crippen LogP) is 2.32. The maximum atomic E-state index is 12.3. The Hall–Kier alpha value is -2.22. The van der Waals surface area contributed by atoms with Gasteiger partial charge in [0.15, 0.2) is 11.9 Å². The van der Waals surface area contributed by atoms with Crippen LogP contribution >= 0.6 is 0 Å². The fraction of sp³-hybridized carbons (Fsp3) is 0.700. The van der Waals surface area contributed by atoms with Gasteiger partial charge in [-0.3, -0.25) is 14.4 Å². The molecule has 0 radical (unpaired) electrons. The number of carbonyl (C=O) groups is 4. The van der Waals surface area contributed by atoms with Gasteiger partial charge in [-0.1, -0.05) is 19.3 Å². The molecular weight excluding hydrogens is 368 g/mol. The summed E-state index contributed by atoms with van der Waals surface area (Å²) in [6, 6.07) is 0. The Morgan fingerprint density at radius 1 is 1.04 bits per heavy atom. The number of aliphatic hydroxyl groups is 1. The first-order valence-corrected chi connectivity index (χ1v) is 9.79. The average Bonchev–Trinajstić information content (AvgIpc) is 2.63. The second-order valence-corrected chi connectivity index (χ2v) is 7.08. The molecule has 1 heterocycles. The molecule has 0 aromatic heterocycles. The van der Waals surface area contributed by atoms with Crippen LogP contribution in [-0.4, -0.2) is 52.2 Å². The Morgan fingerprint density at radius 3 is 2.39 bits per heavy atom. The molecule has 0 aromatic rings. The van der Waals surface area contributed by atoms with Crippen LogP contribution in [0.15, 0.2) is 12.2 Å². The number of hydrogen-bond acceptors (Lipinski definition) is 7. The van der Waals surface area contributed by atoms with Crippen LogP contribution in [0.1, 0.15) is 71.1 Å². The van der Waals surface area contributed by atoms with Gasteiger partial charge in [-0.05, 0) is 45.1 Å². The minimum Gasteiger partial charge on any atom is -0.481 e. The molecule has 0 saturated heterocycles. The number of carbonyl (C=O) groups excluding carboxylic acids is 3. The third-order valence-corrected chi connectivity index (χ3v) is 4.50. The maximum Gasteiger partial charge on any atom is 0.331 e. The molecule has 1 aliphatic rings. The average molecular weight is 398 g/mol. The van der Waals surface area contributed by atoms with E-state index in [0.717, 1.165) is 31.4 Å². The maximum absolute atomic E-state index is 12.3. The number of ether oxygens (including phenoxy) is 2. The molecule has 3 atom stereocenters. The molecular formula is C20H30O8. The Balaban J connectivity index is 2.74. The van der Waals surface area contributed by atoms with E-state index in [4.69, 9.17) is 14.6 Å². The standard InChI is InChI=1S/C20H30O8/c1-14-8-9-15(21)6-4-2-3-5-7-17(16(22)10-12-19(25)27-14)28-20(26)13-11-18(23)24/h10,12,14-15,17,21H,2-9,11,13H2,1H3,(H,23,24)/b12-10+/t14-,15?,17+/m1/s1. The van der Waals surface area contributed by atoms with Gasteiger partial charge in [-0.15, -0.1) is 0 Å².